The standard InChI is InChI=1S/C12H8ClN5/c1-7-9(5-15)10(13)2-3-11(7)18-12(16)8(4-14)6-17-18/h2-3,6H,16H2,1H3. The third-order valence-electron chi connectivity index (χ3n) is 2.65. The molecule has 6 heteroatoms. The highest BCUT2D eigenvalue weighted by atomic mass is 35.5. The second-order valence-corrected chi connectivity index (χ2v) is 4.05. The molecule has 2 rings (SSSR count). The summed E-state index contributed by atoms with van der Waals surface area (Å²) in [6.07, 6.45) is 1.38. The molecule has 0 atom stereocenters. The first-order valence-electron chi connectivity index (χ1n) is 5.03. The molecule has 0 unspecified atom stereocenters. The molecule has 0 fully saturated rings. The van der Waals surface area contributed by atoms with Crippen molar-refractivity contribution in [1.82, 2.24) is 9.78 Å². The van der Waals surface area contributed by atoms with E-state index in [0.29, 0.717) is 27.4 Å². The molecule has 0 aliphatic heterocycles. The van der Waals surface area contributed by atoms with Crippen LogP contribution in [0.3, 0.4) is 0 Å². The van der Waals surface area contributed by atoms with Gasteiger partial charge in [0.15, 0.2) is 0 Å². The van der Waals surface area contributed by atoms with E-state index in [1.54, 1.807) is 19.1 Å². The van der Waals surface area contributed by atoms with E-state index in [0.717, 1.165) is 0 Å². The Balaban J connectivity index is 2.70. The van der Waals surface area contributed by atoms with Crippen LogP contribution >= 0.6 is 11.6 Å². The minimum absolute atomic E-state index is 0.242. The molecule has 1 aromatic heterocycles. The van der Waals surface area contributed by atoms with Gasteiger partial charge in [0.05, 0.1) is 22.5 Å². The smallest absolute Gasteiger partial charge is 0.145 e. The van der Waals surface area contributed by atoms with Crippen molar-refractivity contribution in [2.45, 2.75) is 6.92 Å². The van der Waals surface area contributed by atoms with E-state index in [-0.39, 0.29) is 5.82 Å². The highest BCUT2D eigenvalue weighted by Crippen LogP contribution is 2.26. The monoisotopic (exact) mass is 257 g/mol. The van der Waals surface area contributed by atoms with Crippen molar-refractivity contribution < 1.29 is 0 Å². The van der Waals surface area contributed by atoms with Gasteiger partial charge < -0.3 is 5.73 Å². The number of nitrogens with two attached hydrogens (primary N) is 1. The maximum absolute atomic E-state index is 9.04. The fraction of sp³-hybridized carbons (Fsp3) is 0.0833. The molecule has 1 heterocycles. The topological polar surface area (TPSA) is 91.4 Å². The van der Waals surface area contributed by atoms with E-state index >= 15 is 0 Å². The highest BCUT2D eigenvalue weighted by molar-refractivity contribution is 6.31. The lowest BCUT2D eigenvalue weighted by molar-refractivity contribution is 0.882. The van der Waals surface area contributed by atoms with Crippen LogP contribution in [0.2, 0.25) is 5.02 Å². The van der Waals surface area contributed by atoms with Crippen LogP contribution in [-0.2, 0) is 0 Å². The molecule has 5 nitrogen and oxygen atoms in total. The summed E-state index contributed by atoms with van der Waals surface area (Å²) in [5.74, 6) is 0.242. The predicted molar refractivity (Wildman–Crippen MR) is 67.2 cm³/mol. The fourth-order valence-corrected chi connectivity index (χ4v) is 1.92. The zero-order chi connectivity index (χ0) is 13.3. The number of hydrogen-bond donors (Lipinski definition) is 1. The van der Waals surface area contributed by atoms with Gasteiger partial charge in [-0.05, 0) is 24.6 Å². The van der Waals surface area contributed by atoms with Gasteiger partial charge in [-0.15, -0.1) is 0 Å². The molecule has 1 aromatic carbocycles. The Morgan fingerprint density at radius 2 is 2.06 bits per heavy atom. The third-order valence-corrected chi connectivity index (χ3v) is 2.97. The number of anilines is 1. The lowest BCUT2D eigenvalue weighted by atomic mass is 10.1. The lowest BCUT2D eigenvalue weighted by Crippen LogP contribution is -2.05. The lowest BCUT2D eigenvalue weighted by Gasteiger charge is -2.10. The molecular formula is C12H8ClN5. The van der Waals surface area contributed by atoms with Crippen LogP contribution in [0.1, 0.15) is 16.7 Å². The zero-order valence-corrected chi connectivity index (χ0v) is 10.2. The van der Waals surface area contributed by atoms with Gasteiger partial charge in [-0.2, -0.15) is 15.6 Å². The van der Waals surface area contributed by atoms with Crippen molar-refractivity contribution in [3.63, 3.8) is 0 Å². The summed E-state index contributed by atoms with van der Waals surface area (Å²) in [6.45, 7) is 1.76. The largest absolute Gasteiger partial charge is 0.382 e. The zero-order valence-electron chi connectivity index (χ0n) is 9.48. The molecule has 0 saturated carbocycles. The number of hydrogen-bond acceptors (Lipinski definition) is 4. The number of aromatic nitrogens is 2. The van der Waals surface area contributed by atoms with Gasteiger partial charge in [0.25, 0.3) is 0 Å². The van der Waals surface area contributed by atoms with Crippen molar-refractivity contribution in [2.24, 2.45) is 0 Å². The van der Waals surface area contributed by atoms with Gasteiger partial charge in [0.2, 0.25) is 0 Å². The van der Waals surface area contributed by atoms with Crippen LogP contribution < -0.4 is 5.73 Å². The molecular weight excluding hydrogens is 250 g/mol. The quantitative estimate of drug-likeness (QED) is 0.847. The van der Waals surface area contributed by atoms with Crippen molar-refractivity contribution in [2.75, 3.05) is 5.73 Å². The first kappa shape index (κ1) is 12.0. The minimum atomic E-state index is 0.242. The summed E-state index contributed by atoms with van der Waals surface area (Å²) in [4.78, 5) is 0. The van der Waals surface area contributed by atoms with Crippen LogP contribution in [0.15, 0.2) is 18.3 Å². The van der Waals surface area contributed by atoms with Gasteiger partial charge in [-0.1, -0.05) is 11.6 Å². The summed E-state index contributed by atoms with van der Waals surface area (Å²) in [5, 5.41) is 22.3. The summed E-state index contributed by atoms with van der Waals surface area (Å²) in [6, 6.07) is 7.30. The molecule has 0 aliphatic carbocycles. The molecule has 0 saturated heterocycles. The number of halogens is 1. The van der Waals surface area contributed by atoms with E-state index in [4.69, 9.17) is 27.9 Å². The first-order valence-corrected chi connectivity index (χ1v) is 5.41. The Morgan fingerprint density at radius 3 is 2.61 bits per heavy atom. The highest BCUT2D eigenvalue weighted by Gasteiger charge is 2.14. The SMILES string of the molecule is Cc1c(-n2ncc(C#N)c2N)ccc(Cl)c1C#N. The van der Waals surface area contributed by atoms with Crippen molar-refractivity contribution in [3.8, 4) is 17.8 Å². The third kappa shape index (κ3) is 1.67. The summed E-state index contributed by atoms with van der Waals surface area (Å²) in [5.41, 5.74) is 7.78. The van der Waals surface area contributed by atoms with Gasteiger partial charge in [-0.25, -0.2) is 4.68 Å². The molecule has 2 N–H and O–H groups in total. The Kier molecular flexibility index (Phi) is 2.93. The van der Waals surface area contributed by atoms with Crippen LogP contribution in [0.5, 0.6) is 0 Å². The molecule has 0 amide bonds. The van der Waals surface area contributed by atoms with Crippen LogP contribution in [0.25, 0.3) is 5.69 Å². The Morgan fingerprint density at radius 1 is 1.33 bits per heavy atom. The van der Waals surface area contributed by atoms with Crippen LogP contribution in [0.4, 0.5) is 5.82 Å². The molecule has 0 bridgehead atoms. The van der Waals surface area contributed by atoms with E-state index < -0.39 is 0 Å². The van der Waals surface area contributed by atoms with Gasteiger partial charge in [0, 0.05) is 0 Å². The molecule has 0 radical (unpaired) electrons. The maximum Gasteiger partial charge on any atom is 0.145 e. The Bertz CT molecular complexity index is 702. The second-order valence-electron chi connectivity index (χ2n) is 3.65. The summed E-state index contributed by atoms with van der Waals surface area (Å²) >= 11 is 5.93. The average Bonchev–Trinajstić information content (AvgIpc) is 2.71. The van der Waals surface area contributed by atoms with E-state index in [1.165, 1.54) is 10.9 Å². The number of nitrogens with zero attached hydrogens (tertiary/aromatic N) is 4. The number of nitriles is 2. The first-order chi connectivity index (χ1) is 8.60. The predicted octanol–water partition coefficient (Wildman–Crippen LogP) is 2.16. The number of rotatable bonds is 1. The fourth-order valence-electron chi connectivity index (χ4n) is 1.67. The molecule has 88 valence electrons. The average molecular weight is 258 g/mol. The summed E-state index contributed by atoms with van der Waals surface area (Å²) < 4.78 is 1.42. The van der Waals surface area contributed by atoms with Gasteiger partial charge in [-0.3, -0.25) is 0 Å². The number of nitrogen functional groups attached to an aromatic ring is 1. The Labute approximate surface area is 109 Å². The molecule has 0 spiro atoms. The number of benzene rings is 1. The normalized spacial score (nSPS) is 9.78. The van der Waals surface area contributed by atoms with E-state index in [9.17, 15) is 0 Å². The summed E-state index contributed by atoms with van der Waals surface area (Å²) in [7, 11) is 0. The molecule has 0 aliphatic rings. The van der Waals surface area contributed by atoms with Crippen LogP contribution in [-0.4, -0.2) is 9.78 Å². The Hall–Kier alpha value is -2.50. The van der Waals surface area contributed by atoms with E-state index in [2.05, 4.69) is 5.10 Å². The molecule has 2 aromatic rings. The van der Waals surface area contributed by atoms with Crippen molar-refractivity contribution in [3.05, 3.63) is 40.0 Å². The maximum atomic E-state index is 9.04. The van der Waals surface area contributed by atoms with Crippen molar-refractivity contribution in [1.29, 1.82) is 10.5 Å². The minimum Gasteiger partial charge on any atom is -0.382 e. The van der Waals surface area contributed by atoms with E-state index in [1.807, 2.05) is 12.1 Å². The van der Waals surface area contributed by atoms with Crippen LogP contribution in [0, 0.1) is 29.6 Å². The van der Waals surface area contributed by atoms with Crippen molar-refractivity contribution >= 4 is 17.4 Å². The van der Waals surface area contributed by atoms with Gasteiger partial charge >= 0.3 is 0 Å². The molecule has 18 heavy (non-hydrogen) atoms. The second kappa shape index (κ2) is 4.40. The van der Waals surface area contributed by atoms with Gasteiger partial charge in [0.1, 0.15) is 23.5 Å².